The predicted octanol–water partition coefficient (Wildman–Crippen LogP) is 2.31. The van der Waals surface area contributed by atoms with Crippen LogP contribution in [0.3, 0.4) is 0 Å². The maximum atomic E-state index is 12.3. The number of amides is 1. The second-order valence-electron chi connectivity index (χ2n) is 5.87. The van der Waals surface area contributed by atoms with Crippen molar-refractivity contribution in [3.63, 3.8) is 0 Å². The maximum Gasteiger partial charge on any atom is 0.224 e. The summed E-state index contributed by atoms with van der Waals surface area (Å²) in [4.78, 5) is 14.3. The third-order valence-corrected chi connectivity index (χ3v) is 4.05. The van der Waals surface area contributed by atoms with Gasteiger partial charge in [0.15, 0.2) is 0 Å². The van der Waals surface area contributed by atoms with E-state index in [-0.39, 0.29) is 12.5 Å². The van der Waals surface area contributed by atoms with E-state index in [9.17, 15) is 4.79 Å². The highest BCUT2D eigenvalue weighted by atomic mass is 16.3. The molecule has 0 bridgehead atoms. The average Bonchev–Trinajstić information content (AvgIpc) is 2.94. The van der Waals surface area contributed by atoms with Crippen LogP contribution in [-0.2, 0) is 4.79 Å². The molecule has 2 N–H and O–H groups in total. The van der Waals surface area contributed by atoms with Gasteiger partial charge < -0.3 is 15.3 Å². The lowest BCUT2D eigenvalue weighted by molar-refractivity contribution is -0.131. The van der Waals surface area contributed by atoms with E-state index in [1.165, 1.54) is 32.1 Å². The molecule has 1 rings (SSSR count). The molecule has 1 saturated heterocycles. The van der Waals surface area contributed by atoms with Crippen molar-refractivity contribution in [2.75, 3.05) is 26.2 Å². The van der Waals surface area contributed by atoms with Crippen molar-refractivity contribution < 1.29 is 9.90 Å². The Kier molecular flexibility index (Phi) is 9.67. The predicted molar refractivity (Wildman–Crippen MR) is 82.7 cm³/mol. The molecule has 0 spiro atoms. The first kappa shape index (κ1) is 17.4. The molecule has 0 aromatic heterocycles. The maximum absolute atomic E-state index is 12.3. The van der Waals surface area contributed by atoms with E-state index in [1.807, 2.05) is 4.90 Å². The number of hydrogen-bond donors (Lipinski definition) is 2. The summed E-state index contributed by atoms with van der Waals surface area (Å²) in [6.45, 7) is 4.99. The van der Waals surface area contributed by atoms with E-state index >= 15 is 0 Å². The fraction of sp³-hybridized carbons (Fsp3) is 0.938. The van der Waals surface area contributed by atoms with Crippen molar-refractivity contribution in [1.29, 1.82) is 0 Å². The molecule has 1 fully saturated rings. The van der Waals surface area contributed by atoms with E-state index in [4.69, 9.17) is 5.11 Å². The lowest BCUT2D eigenvalue weighted by Crippen LogP contribution is -2.37. The quantitative estimate of drug-likeness (QED) is 0.572. The van der Waals surface area contributed by atoms with E-state index in [0.29, 0.717) is 25.4 Å². The van der Waals surface area contributed by atoms with Gasteiger partial charge in [0.25, 0.3) is 0 Å². The molecule has 0 aliphatic carbocycles. The SMILES string of the molecule is CCCCCCCN(CCCO)C(=O)CC1CCCN1. The molecule has 0 aromatic rings. The number of unbranched alkanes of at least 4 members (excludes halogenated alkanes) is 4. The molecule has 1 amide bonds. The standard InChI is InChI=1S/C16H32N2O2/c1-2-3-4-5-6-11-18(12-8-13-19)16(20)14-15-9-7-10-17-15/h15,17,19H,2-14H2,1H3. The Balaban J connectivity index is 2.27. The molecule has 1 heterocycles. The van der Waals surface area contributed by atoms with E-state index in [2.05, 4.69) is 12.2 Å². The molecule has 4 nitrogen and oxygen atoms in total. The second kappa shape index (κ2) is 11.1. The normalized spacial score (nSPS) is 18.4. The van der Waals surface area contributed by atoms with Crippen molar-refractivity contribution in [3.05, 3.63) is 0 Å². The number of carbonyl (C=O) groups is 1. The van der Waals surface area contributed by atoms with Crippen LogP contribution in [0.2, 0.25) is 0 Å². The van der Waals surface area contributed by atoms with Crippen LogP contribution in [0.25, 0.3) is 0 Å². The topological polar surface area (TPSA) is 52.6 Å². The fourth-order valence-corrected chi connectivity index (χ4v) is 2.80. The number of hydrogen-bond acceptors (Lipinski definition) is 3. The van der Waals surface area contributed by atoms with Gasteiger partial charge in [-0.25, -0.2) is 0 Å². The highest BCUT2D eigenvalue weighted by molar-refractivity contribution is 5.76. The van der Waals surface area contributed by atoms with Gasteiger partial charge in [-0.1, -0.05) is 32.6 Å². The lowest BCUT2D eigenvalue weighted by Gasteiger charge is -2.24. The van der Waals surface area contributed by atoms with Crippen LogP contribution in [0.15, 0.2) is 0 Å². The number of nitrogens with one attached hydrogen (secondary N) is 1. The number of carbonyl (C=O) groups excluding carboxylic acids is 1. The first-order valence-electron chi connectivity index (χ1n) is 8.40. The summed E-state index contributed by atoms with van der Waals surface area (Å²) >= 11 is 0. The molecular weight excluding hydrogens is 252 g/mol. The van der Waals surface area contributed by atoms with Crippen molar-refractivity contribution >= 4 is 5.91 Å². The molecule has 118 valence electrons. The summed E-state index contributed by atoms with van der Waals surface area (Å²) in [5.74, 6) is 0.258. The largest absolute Gasteiger partial charge is 0.396 e. The Morgan fingerprint density at radius 3 is 2.60 bits per heavy atom. The van der Waals surface area contributed by atoms with Gasteiger partial charge in [-0.2, -0.15) is 0 Å². The van der Waals surface area contributed by atoms with Crippen LogP contribution < -0.4 is 5.32 Å². The van der Waals surface area contributed by atoms with Crippen LogP contribution in [-0.4, -0.2) is 48.2 Å². The van der Waals surface area contributed by atoms with Crippen LogP contribution in [0.1, 0.15) is 64.7 Å². The van der Waals surface area contributed by atoms with Crippen molar-refractivity contribution in [2.45, 2.75) is 70.8 Å². The molecule has 1 aliphatic heterocycles. The molecule has 4 heteroatoms. The summed E-state index contributed by atoms with van der Waals surface area (Å²) < 4.78 is 0. The van der Waals surface area contributed by atoms with Gasteiger partial charge in [-0.15, -0.1) is 0 Å². The third-order valence-electron chi connectivity index (χ3n) is 4.05. The Morgan fingerprint density at radius 1 is 1.20 bits per heavy atom. The van der Waals surface area contributed by atoms with Gasteiger partial charge in [0.05, 0.1) is 0 Å². The number of nitrogens with zero attached hydrogens (tertiary/aromatic N) is 1. The highest BCUT2D eigenvalue weighted by Crippen LogP contribution is 2.12. The van der Waals surface area contributed by atoms with Crippen LogP contribution in [0, 0.1) is 0 Å². The van der Waals surface area contributed by atoms with E-state index in [1.54, 1.807) is 0 Å². The van der Waals surface area contributed by atoms with Crippen molar-refractivity contribution in [1.82, 2.24) is 10.2 Å². The Labute approximate surface area is 123 Å². The summed E-state index contributed by atoms with van der Waals surface area (Å²) in [5.41, 5.74) is 0. The molecule has 20 heavy (non-hydrogen) atoms. The minimum Gasteiger partial charge on any atom is -0.396 e. The van der Waals surface area contributed by atoms with Crippen molar-refractivity contribution in [2.24, 2.45) is 0 Å². The third kappa shape index (κ3) is 7.25. The summed E-state index contributed by atoms with van der Waals surface area (Å²) in [5, 5.41) is 12.4. The summed E-state index contributed by atoms with van der Waals surface area (Å²) in [7, 11) is 0. The van der Waals surface area contributed by atoms with Gasteiger partial charge in [-0.3, -0.25) is 4.79 Å². The monoisotopic (exact) mass is 284 g/mol. The zero-order chi connectivity index (χ0) is 14.6. The van der Waals surface area contributed by atoms with Gasteiger partial charge in [0.1, 0.15) is 0 Å². The Bertz CT molecular complexity index is 253. The second-order valence-corrected chi connectivity index (χ2v) is 5.87. The van der Waals surface area contributed by atoms with Gasteiger partial charge >= 0.3 is 0 Å². The lowest BCUT2D eigenvalue weighted by atomic mass is 10.1. The smallest absolute Gasteiger partial charge is 0.224 e. The number of aliphatic hydroxyl groups is 1. The van der Waals surface area contributed by atoms with Crippen LogP contribution in [0.5, 0.6) is 0 Å². The molecule has 1 unspecified atom stereocenters. The van der Waals surface area contributed by atoms with E-state index < -0.39 is 0 Å². The molecule has 0 radical (unpaired) electrons. The molecule has 0 saturated carbocycles. The highest BCUT2D eigenvalue weighted by Gasteiger charge is 2.21. The van der Waals surface area contributed by atoms with Crippen LogP contribution in [0.4, 0.5) is 0 Å². The molecule has 0 aromatic carbocycles. The van der Waals surface area contributed by atoms with Gasteiger partial charge in [-0.05, 0) is 32.2 Å². The molecule has 1 aliphatic rings. The van der Waals surface area contributed by atoms with Gasteiger partial charge in [0, 0.05) is 32.2 Å². The average molecular weight is 284 g/mol. The first-order valence-corrected chi connectivity index (χ1v) is 8.40. The zero-order valence-corrected chi connectivity index (χ0v) is 13.1. The number of aliphatic hydroxyl groups excluding tert-OH is 1. The molecule has 1 atom stereocenters. The first-order chi connectivity index (χ1) is 9.77. The zero-order valence-electron chi connectivity index (χ0n) is 13.1. The minimum atomic E-state index is 0.168. The Hall–Kier alpha value is -0.610. The fourth-order valence-electron chi connectivity index (χ4n) is 2.80. The number of rotatable bonds is 11. The van der Waals surface area contributed by atoms with Crippen LogP contribution >= 0.6 is 0 Å². The van der Waals surface area contributed by atoms with Crippen molar-refractivity contribution in [3.8, 4) is 0 Å². The Morgan fingerprint density at radius 2 is 1.95 bits per heavy atom. The molecular formula is C16H32N2O2. The van der Waals surface area contributed by atoms with Gasteiger partial charge in [0.2, 0.25) is 5.91 Å². The summed E-state index contributed by atoms with van der Waals surface area (Å²) in [6.07, 6.45) is 9.73. The summed E-state index contributed by atoms with van der Waals surface area (Å²) in [6, 6.07) is 0.374. The minimum absolute atomic E-state index is 0.168. The van der Waals surface area contributed by atoms with E-state index in [0.717, 1.165) is 25.9 Å².